The van der Waals surface area contributed by atoms with Crippen LogP contribution in [0.2, 0.25) is 15.2 Å². The lowest BCUT2D eigenvalue weighted by Crippen LogP contribution is -2.36. The van der Waals surface area contributed by atoms with Gasteiger partial charge in [-0.05, 0) is 44.2 Å². The number of hydrogen-bond acceptors (Lipinski definition) is 2. The van der Waals surface area contributed by atoms with Crippen molar-refractivity contribution in [2.24, 2.45) is 0 Å². The van der Waals surface area contributed by atoms with Gasteiger partial charge in [-0.1, -0.05) is 53.0 Å². The van der Waals surface area contributed by atoms with E-state index in [1.54, 1.807) is 23.1 Å². The molecule has 0 aliphatic rings. The Balaban J connectivity index is 1.96. The highest BCUT2D eigenvalue weighted by Crippen LogP contribution is 2.26. The Labute approximate surface area is 167 Å². The second kappa shape index (κ2) is 7.83. The Hall–Kier alpha value is -1.81. The van der Waals surface area contributed by atoms with Gasteiger partial charge < -0.3 is 4.90 Å². The van der Waals surface area contributed by atoms with E-state index < -0.39 is 0 Å². The van der Waals surface area contributed by atoms with Crippen LogP contribution in [-0.2, 0) is 6.54 Å². The molecule has 0 unspecified atom stereocenters. The second-order valence-electron chi connectivity index (χ2n) is 6.28. The van der Waals surface area contributed by atoms with E-state index in [4.69, 9.17) is 34.8 Å². The molecule has 0 aliphatic heterocycles. The van der Waals surface area contributed by atoms with Crippen molar-refractivity contribution in [3.8, 4) is 0 Å². The van der Waals surface area contributed by atoms with Crippen LogP contribution in [0.4, 0.5) is 0 Å². The molecule has 0 saturated carbocycles. The molecular weight excluding hydrogens is 391 g/mol. The molecule has 26 heavy (non-hydrogen) atoms. The number of carbonyl (C=O) groups is 1. The van der Waals surface area contributed by atoms with Gasteiger partial charge in [-0.15, -0.1) is 0 Å². The monoisotopic (exact) mass is 406 g/mol. The highest BCUT2D eigenvalue weighted by atomic mass is 35.5. The van der Waals surface area contributed by atoms with E-state index >= 15 is 0 Å². The Bertz CT molecular complexity index is 972. The van der Waals surface area contributed by atoms with E-state index in [9.17, 15) is 4.79 Å². The predicted octanol–water partition coefficient (Wildman–Crippen LogP) is 6.25. The summed E-state index contributed by atoms with van der Waals surface area (Å²) < 4.78 is 0. The molecule has 3 aromatic rings. The lowest BCUT2D eigenvalue weighted by molar-refractivity contribution is 0.0690. The first kappa shape index (κ1) is 19.0. The third kappa shape index (κ3) is 3.96. The molecule has 2 aromatic carbocycles. The smallest absolute Gasteiger partial charge is 0.255 e. The summed E-state index contributed by atoms with van der Waals surface area (Å²) >= 11 is 18.5. The zero-order chi connectivity index (χ0) is 18.8. The third-order valence-corrected chi connectivity index (χ3v) is 5.01. The first-order valence-electron chi connectivity index (χ1n) is 8.17. The number of rotatable bonds is 4. The largest absolute Gasteiger partial charge is 0.332 e. The zero-order valence-electron chi connectivity index (χ0n) is 14.3. The number of hydrogen-bond donors (Lipinski definition) is 0. The number of pyridine rings is 1. The maximum Gasteiger partial charge on any atom is 0.255 e. The van der Waals surface area contributed by atoms with Crippen molar-refractivity contribution in [2.45, 2.75) is 26.4 Å². The first-order chi connectivity index (χ1) is 12.4. The standard InChI is InChI=1S/C20H17Cl3N2O/c1-12(2)25(20(26)16-8-7-15(21)10-17(16)22)11-14-9-13-5-3-4-6-18(13)24-19(14)23/h3-10,12H,11H2,1-2H3. The van der Waals surface area contributed by atoms with Crippen molar-refractivity contribution in [2.75, 3.05) is 0 Å². The molecular formula is C20H17Cl3N2O. The van der Waals surface area contributed by atoms with Crippen molar-refractivity contribution in [1.82, 2.24) is 9.88 Å². The van der Waals surface area contributed by atoms with Crippen molar-refractivity contribution in [3.05, 3.63) is 74.9 Å². The molecule has 3 rings (SSSR count). The summed E-state index contributed by atoms with van der Waals surface area (Å²) in [5, 5.41) is 2.19. The Morgan fingerprint density at radius 2 is 1.81 bits per heavy atom. The van der Waals surface area contributed by atoms with Gasteiger partial charge in [0.2, 0.25) is 0 Å². The van der Waals surface area contributed by atoms with Crippen molar-refractivity contribution in [1.29, 1.82) is 0 Å². The van der Waals surface area contributed by atoms with Gasteiger partial charge in [-0.2, -0.15) is 0 Å². The van der Waals surface area contributed by atoms with Gasteiger partial charge in [0.25, 0.3) is 5.91 Å². The SMILES string of the molecule is CC(C)N(Cc1cc2ccccc2nc1Cl)C(=O)c1ccc(Cl)cc1Cl. The highest BCUT2D eigenvalue weighted by Gasteiger charge is 2.22. The number of halogens is 3. The molecule has 0 aliphatic carbocycles. The predicted molar refractivity (Wildman–Crippen MR) is 108 cm³/mol. The highest BCUT2D eigenvalue weighted by molar-refractivity contribution is 6.36. The van der Waals surface area contributed by atoms with Gasteiger partial charge >= 0.3 is 0 Å². The van der Waals surface area contributed by atoms with E-state index in [0.717, 1.165) is 16.5 Å². The molecule has 0 N–H and O–H groups in total. The molecule has 0 radical (unpaired) electrons. The Morgan fingerprint density at radius 1 is 1.08 bits per heavy atom. The topological polar surface area (TPSA) is 33.2 Å². The molecule has 0 atom stereocenters. The average molecular weight is 408 g/mol. The number of para-hydroxylation sites is 1. The van der Waals surface area contributed by atoms with E-state index in [-0.39, 0.29) is 11.9 Å². The van der Waals surface area contributed by atoms with Crippen LogP contribution in [0.5, 0.6) is 0 Å². The molecule has 6 heteroatoms. The quantitative estimate of drug-likeness (QED) is 0.479. The van der Waals surface area contributed by atoms with Gasteiger partial charge in [0.15, 0.2) is 0 Å². The second-order valence-corrected chi connectivity index (χ2v) is 7.48. The normalized spacial score (nSPS) is 11.2. The minimum absolute atomic E-state index is 0.0446. The maximum absolute atomic E-state index is 13.0. The first-order valence-corrected chi connectivity index (χ1v) is 9.30. The fourth-order valence-electron chi connectivity index (χ4n) is 2.74. The third-order valence-electron chi connectivity index (χ3n) is 4.14. The molecule has 1 heterocycles. The number of benzene rings is 2. The minimum atomic E-state index is -0.175. The van der Waals surface area contributed by atoms with Crippen LogP contribution >= 0.6 is 34.8 Å². The van der Waals surface area contributed by atoms with Gasteiger partial charge in [-0.3, -0.25) is 4.79 Å². The molecule has 1 amide bonds. The molecule has 0 fully saturated rings. The molecule has 0 bridgehead atoms. The van der Waals surface area contributed by atoms with Crippen LogP contribution in [0, 0.1) is 0 Å². The summed E-state index contributed by atoms with van der Waals surface area (Å²) in [4.78, 5) is 19.2. The van der Waals surface area contributed by atoms with E-state index in [0.29, 0.717) is 27.3 Å². The van der Waals surface area contributed by atoms with Gasteiger partial charge in [0, 0.05) is 28.6 Å². The lowest BCUT2D eigenvalue weighted by Gasteiger charge is -2.27. The van der Waals surface area contributed by atoms with E-state index in [2.05, 4.69) is 4.98 Å². The minimum Gasteiger partial charge on any atom is -0.332 e. The van der Waals surface area contributed by atoms with Gasteiger partial charge in [-0.25, -0.2) is 4.98 Å². The molecule has 134 valence electrons. The van der Waals surface area contributed by atoms with Crippen LogP contribution in [0.15, 0.2) is 48.5 Å². The number of nitrogens with zero attached hydrogens (tertiary/aromatic N) is 2. The molecule has 1 aromatic heterocycles. The van der Waals surface area contributed by atoms with Gasteiger partial charge in [0.05, 0.1) is 16.1 Å². The van der Waals surface area contributed by atoms with Crippen LogP contribution in [0.1, 0.15) is 29.8 Å². The lowest BCUT2D eigenvalue weighted by atomic mass is 10.1. The molecule has 0 spiro atoms. The van der Waals surface area contributed by atoms with Gasteiger partial charge in [0.1, 0.15) is 5.15 Å². The average Bonchev–Trinajstić information content (AvgIpc) is 2.59. The maximum atomic E-state index is 13.0. The summed E-state index contributed by atoms with van der Waals surface area (Å²) in [5.74, 6) is -0.175. The summed E-state index contributed by atoms with van der Waals surface area (Å²) in [6.07, 6.45) is 0. The Kier molecular flexibility index (Phi) is 5.71. The fraction of sp³-hybridized carbons (Fsp3) is 0.200. The molecule has 0 saturated heterocycles. The van der Waals surface area contributed by atoms with Crippen LogP contribution in [-0.4, -0.2) is 21.8 Å². The number of aromatic nitrogens is 1. The summed E-state index contributed by atoms with van der Waals surface area (Å²) in [7, 11) is 0. The van der Waals surface area contributed by atoms with E-state index in [1.165, 1.54) is 0 Å². The van der Waals surface area contributed by atoms with Crippen LogP contribution in [0.3, 0.4) is 0 Å². The van der Waals surface area contributed by atoms with E-state index in [1.807, 2.05) is 44.2 Å². The molecule has 3 nitrogen and oxygen atoms in total. The zero-order valence-corrected chi connectivity index (χ0v) is 16.6. The van der Waals surface area contributed by atoms with Crippen molar-refractivity contribution >= 4 is 51.6 Å². The van der Waals surface area contributed by atoms with Crippen molar-refractivity contribution in [3.63, 3.8) is 0 Å². The Morgan fingerprint density at radius 3 is 2.50 bits per heavy atom. The summed E-state index contributed by atoms with van der Waals surface area (Å²) in [6.45, 7) is 4.24. The number of carbonyl (C=O) groups excluding carboxylic acids is 1. The number of amides is 1. The summed E-state index contributed by atoms with van der Waals surface area (Å²) in [5.41, 5.74) is 2.02. The summed E-state index contributed by atoms with van der Waals surface area (Å²) in [6, 6.07) is 14.5. The van der Waals surface area contributed by atoms with Crippen molar-refractivity contribution < 1.29 is 4.79 Å². The van der Waals surface area contributed by atoms with Crippen LogP contribution < -0.4 is 0 Å². The number of fused-ring (bicyclic) bond motifs is 1. The van der Waals surface area contributed by atoms with Crippen LogP contribution in [0.25, 0.3) is 10.9 Å². The fourth-order valence-corrected chi connectivity index (χ4v) is 3.43.